The third-order valence-corrected chi connectivity index (χ3v) is 15.7. The number of hydrogen-bond acceptors (Lipinski definition) is 0. The number of hydrogen-bond donors (Lipinski definition) is 0. The molecule has 2 aliphatic rings. The predicted octanol–water partition coefficient (Wildman–Crippen LogP) is 17.5. The van der Waals surface area contributed by atoms with E-state index in [1.807, 2.05) is 0 Å². The van der Waals surface area contributed by atoms with Gasteiger partial charge in [0.1, 0.15) is 0 Å². The second kappa shape index (κ2) is 14.2. The number of benzene rings is 10. The lowest BCUT2D eigenvalue weighted by Crippen LogP contribution is -2.17. The lowest BCUT2D eigenvalue weighted by atomic mass is 9.79. The molecule has 0 atom stereocenters. The lowest BCUT2D eigenvalue weighted by molar-refractivity contribution is 0.652. The Morgan fingerprint density at radius 1 is 0.309 bits per heavy atom. The number of rotatable bonds is 5. The molecule has 322 valence electrons. The fourth-order valence-corrected chi connectivity index (χ4v) is 12.2. The number of nitrogens with zero attached hydrogens (tertiary/aromatic N) is 2. The van der Waals surface area contributed by atoms with Crippen molar-refractivity contribution in [2.24, 2.45) is 0 Å². The van der Waals surface area contributed by atoms with E-state index < -0.39 is 0 Å². The van der Waals surface area contributed by atoms with Gasteiger partial charge in [0.25, 0.3) is 0 Å². The molecule has 0 bridgehead atoms. The second-order valence-electron chi connectivity index (χ2n) is 20.2. The molecule has 12 aromatic rings. The zero-order chi connectivity index (χ0) is 45.5. The van der Waals surface area contributed by atoms with Gasteiger partial charge in [-0.25, -0.2) is 0 Å². The molecular formula is C66H48N2. The number of para-hydroxylation sites is 3. The minimum absolute atomic E-state index is 0.143. The first-order valence-electron chi connectivity index (χ1n) is 24.0. The standard InChI is InChI=1S/C66H48N2/c1-65(2)57-35-42(23-22-41-25-32-63-55(34-41)51-18-10-12-20-61(51)67(63)47-16-6-5-7-17-47)24-30-49(57)53-39-60-54(40-59(53)65)50-31-27-46(38-58(50)66(60,3)4)45-28-33-64-56(37-45)52-19-11-13-21-62(52)68(64)48-29-26-43-14-8-9-15-44(43)36-48/h5-40H,1-4H3/b23-22+. The molecule has 0 saturated heterocycles. The van der Waals surface area contributed by atoms with Crippen molar-refractivity contribution in [1.29, 1.82) is 0 Å². The lowest BCUT2D eigenvalue weighted by Gasteiger charge is -2.24. The Morgan fingerprint density at radius 2 is 0.794 bits per heavy atom. The van der Waals surface area contributed by atoms with Crippen LogP contribution in [0.15, 0.2) is 206 Å². The summed E-state index contributed by atoms with van der Waals surface area (Å²) in [6, 6.07) is 77.0. The predicted molar refractivity (Wildman–Crippen MR) is 289 cm³/mol. The zero-order valence-electron chi connectivity index (χ0n) is 38.7. The Labute approximate surface area is 396 Å². The van der Waals surface area contributed by atoms with Gasteiger partial charge in [-0.05, 0) is 156 Å². The van der Waals surface area contributed by atoms with Gasteiger partial charge in [0.15, 0.2) is 0 Å². The van der Waals surface area contributed by atoms with Crippen LogP contribution in [0.25, 0.3) is 111 Å². The maximum atomic E-state index is 2.53. The molecule has 68 heavy (non-hydrogen) atoms. The molecule has 0 N–H and O–H groups in total. The van der Waals surface area contributed by atoms with Crippen LogP contribution in [0.1, 0.15) is 61.1 Å². The molecule has 0 unspecified atom stereocenters. The first-order valence-corrected chi connectivity index (χ1v) is 24.0. The van der Waals surface area contributed by atoms with Gasteiger partial charge in [-0.3, -0.25) is 0 Å². The van der Waals surface area contributed by atoms with Gasteiger partial charge in [-0.2, -0.15) is 0 Å². The van der Waals surface area contributed by atoms with Crippen molar-refractivity contribution >= 4 is 66.5 Å². The smallest absolute Gasteiger partial charge is 0.0541 e. The summed E-state index contributed by atoms with van der Waals surface area (Å²) in [5, 5.41) is 7.59. The van der Waals surface area contributed by atoms with Crippen molar-refractivity contribution in [2.45, 2.75) is 38.5 Å². The molecule has 0 amide bonds. The van der Waals surface area contributed by atoms with Crippen molar-refractivity contribution in [2.75, 3.05) is 0 Å². The van der Waals surface area contributed by atoms with E-state index in [0.717, 1.165) is 0 Å². The molecule has 14 rings (SSSR count). The van der Waals surface area contributed by atoms with Gasteiger partial charge >= 0.3 is 0 Å². The van der Waals surface area contributed by atoms with E-state index in [1.54, 1.807) is 0 Å². The zero-order valence-corrected chi connectivity index (χ0v) is 38.7. The minimum Gasteiger partial charge on any atom is -0.309 e. The molecule has 2 heterocycles. The van der Waals surface area contributed by atoms with Gasteiger partial charge in [-0.1, -0.05) is 167 Å². The molecular weight excluding hydrogens is 821 g/mol. The second-order valence-corrected chi connectivity index (χ2v) is 20.2. The first-order chi connectivity index (χ1) is 33.2. The van der Waals surface area contributed by atoms with Gasteiger partial charge in [-0.15, -0.1) is 0 Å². The summed E-state index contributed by atoms with van der Waals surface area (Å²) < 4.78 is 4.80. The van der Waals surface area contributed by atoms with Crippen LogP contribution in [0.5, 0.6) is 0 Å². The van der Waals surface area contributed by atoms with E-state index in [4.69, 9.17) is 0 Å². The molecule has 0 radical (unpaired) electrons. The van der Waals surface area contributed by atoms with E-state index in [2.05, 4.69) is 255 Å². The highest BCUT2D eigenvalue weighted by atomic mass is 15.0. The number of aromatic nitrogens is 2. The fraction of sp³-hybridized carbons (Fsp3) is 0.0909. The molecule has 2 heteroatoms. The normalized spacial score (nSPS) is 14.4. The Morgan fingerprint density at radius 3 is 1.50 bits per heavy atom. The summed E-state index contributed by atoms with van der Waals surface area (Å²) in [4.78, 5) is 0. The average molecular weight is 869 g/mol. The van der Waals surface area contributed by atoms with Crippen LogP contribution in [-0.2, 0) is 10.8 Å². The minimum atomic E-state index is -0.157. The van der Waals surface area contributed by atoms with Crippen molar-refractivity contribution in [3.05, 3.63) is 240 Å². The Balaban J connectivity index is 0.794. The van der Waals surface area contributed by atoms with E-state index in [9.17, 15) is 0 Å². The van der Waals surface area contributed by atoms with Crippen LogP contribution in [0, 0.1) is 0 Å². The Bertz CT molecular complexity index is 4130. The largest absolute Gasteiger partial charge is 0.309 e. The molecule has 2 aliphatic carbocycles. The third kappa shape index (κ3) is 5.58. The molecule has 10 aromatic carbocycles. The van der Waals surface area contributed by atoms with Crippen LogP contribution in [-0.4, -0.2) is 9.13 Å². The van der Waals surface area contributed by atoms with Crippen molar-refractivity contribution < 1.29 is 0 Å². The summed E-state index contributed by atoms with van der Waals surface area (Å²) in [6.45, 7) is 9.65. The maximum absolute atomic E-state index is 2.53. The van der Waals surface area contributed by atoms with Gasteiger partial charge in [0.2, 0.25) is 0 Å². The van der Waals surface area contributed by atoms with Crippen molar-refractivity contribution in [3.8, 4) is 44.8 Å². The summed E-state index contributed by atoms with van der Waals surface area (Å²) in [5.41, 5.74) is 22.9. The molecule has 0 aliphatic heterocycles. The van der Waals surface area contributed by atoms with Crippen LogP contribution >= 0.6 is 0 Å². The topological polar surface area (TPSA) is 9.86 Å². The maximum Gasteiger partial charge on any atom is 0.0541 e. The highest BCUT2D eigenvalue weighted by Crippen LogP contribution is 2.56. The van der Waals surface area contributed by atoms with E-state index in [0.29, 0.717) is 0 Å². The van der Waals surface area contributed by atoms with Crippen LogP contribution in [0.3, 0.4) is 0 Å². The number of fused-ring (bicyclic) bond motifs is 13. The Hall–Kier alpha value is -8.20. The quantitative estimate of drug-likeness (QED) is 0.153. The molecule has 2 aromatic heterocycles. The molecule has 0 spiro atoms. The summed E-state index contributed by atoms with van der Waals surface area (Å²) >= 11 is 0. The highest BCUT2D eigenvalue weighted by molar-refractivity contribution is 6.11. The SMILES string of the molecule is CC1(C)c2cc(/C=C/c3ccc4c(c3)c3ccccc3n4-c3ccccc3)ccc2-c2cc3c(cc21)-c1ccc(-c2ccc4c(c2)c2ccccc2n4-c2ccc4ccccc4c2)cc1C3(C)C. The van der Waals surface area contributed by atoms with E-state index >= 15 is 0 Å². The van der Waals surface area contributed by atoms with Crippen molar-refractivity contribution in [1.82, 2.24) is 9.13 Å². The Kier molecular flexibility index (Phi) is 8.12. The van der Waals surface area contributed by atoms with Gasteiger partial charge in [0, 0.05) is 43.7 Å². The van der Waals surface area contributed by atoms with Gasteiger partial charge in [0.05, 0.1) is 22.1 Å². The summed E-state index contributed by atoms with van der Waals surface area (Å²) in [6.07, 6.45) is 4.56. The molecule has 2 nitrogen and oxygen atoms in total. The monoisotopic (exact) mass is 868 g/mol. The van der Waals surface area contributed by atoms with Crippen LogP contribution in [0.2, 0.25) is 0 Å². The molecule has 0 saturated carbocycles. The van der Waals surface area contributed by atoms with Gasteiger partial charge < -0.3 is 9.13 Å². The molecule has 0 fully saturated rings. The summed E-state index contributed by atoms with van der Waals surface area (Å²) in [5.74, 6) is 0. The fourth-order valence-electron chi connectivity index (χ4n) is 12.2. The third-order valence-electron chi connectivity index (χ3n) is 15.7. The van der Waals surface area contributed by atoms with Crippen molar-refractivity contribution in [3.63, 3.8) is 0 Å². The highest BCUT2D eigenvalue weighted by Gasteiger charge is 2.42. The average Bonchev–Trinajstić information content (AvgIpc) is 4.03. The first kappa shape index (κ1) is 39.0. The van der Waals surface area contributed by atoms with E-state index in [-0.39, 0.29) is 10.8 Å². The van der Waals surface area contributed by atoms with Crippen LogP contribution in [0.4, 0.5) is 0 Å². The van der Waals surface area contributed by atoms with E-state index in [1.165, 1.54) is 133 Å². The summed E-state index contributed by atoms with van der Waals surface area (Å²) in [7, 11) is 0. The van der Waals surface area contributed by atoms with Crippen LogP contribution < -0.4 is 0 Å².